The topological polar surface area (TPSA) is 67.9 Å². The Labute approximate surface area is 169 Å². The molecule has 0 aliphatic carbocycles. The number of halogens is 2. The minimum atomic E-state index is -0.561. The highest BCUT2D eigenvalue weighted by atomic mass is 127. The lowest BCUT2D eigenvalue weighted by molar-refractivity contribution is 0.0602. The number of amides is 1. The average molecular weight is 484 g/mol. The zero-order chi connectivity index (χ0) is 19.4. The fraction of sp³-hybridized carbons (Fsp3) is 0.263. The van der Waals surface area contributed by atoms with Crippen LogP contribution in [0.4, 0.5) is 15.8 Å². The van der Waals surface area contributed by atoms with E-state index in [2.05, 4.69) is 10.2 Å². The van der Waals surface area contributed by atoms with Gasteiger partial charge in [0.05, 0.1) is 31.6 Å². The van der Waals surface area contributed by atoms with Crippen molar-refractivity contribution in [3.63, 3.8) is 0 Å². The van der Waals surface area contributed by atoms with Gasteiger partial charge in [-0.25, -0.2) is 9.18 Å². The van der Waals surface area contributed by atoms with Gasteiger partial charge < -0.3 is 19.7 Å². The summed E-state index contributed by atoms with van der Waals surface area (Å²) in [6.45, 7) is 2.66. The van der Waals surface area contributed by atoms with Crippen LogP contribution in [0.3, 0.4) is 0 Å². The molecule has 1 amide bonds. The number of nitrogens with one attached hydrogen (secondary N) is 1. The number of rotatable bonds is 4. The summed E-state index contributed by atoms with van der Waals surface area (Å²) in [4.78, 5) is 26.8. The lowest BCUT2D eigenvalue weighted by Crippen LogP contribution is -2.36. The third-order valence-electron chi connectivity index (χ3n) is 4.21. The molecule has 0 bridgehead atoms. The average Bonchev–Trinajstić information content (AvgIpc) is 2.70. The number of hydrogen-bond donors (Lipinski definition) is 1. The molecule has 2 aromatic carbocycles. The van der Waals surface area contributed by atoms with Crippen LogP contribution in [-0.2, 0) is 9.47 Å². The highest BCUT2D eigenvalue weighted by molar-refractivity contribution is 14.1. The molecule has 1 heterocycles. The number of nitrogens with zero attached hydrogens (tertiary/aromatic N) is 1. The van der Waals surface area contributed by atoms with Crippen molar-refractivity contribution >= 4 is 45.8 Å². The molecule has 0 radical (unpaired) electrons. The summed E-state index contributed by atoms with van der Waals surface area (Å²) < 4.78 is 24.3. The van der Waals surface area contributed by atoms with Gasteiger partial charge in [0.15, 0.2) is 0 Å². The van der Waals surface area contributed by atoms with Crippen LogP contribution in [0.2, 0.25) is 0 Å². The molecule has 2 aromatic rings. The van der Waals surface area contributed by atoms with Crippen LogP contribution in [0, 0.1) is 9.39 Å². The van der Waals surface area contributed by atoms with Crippen molar-refractivity contribution in [1.29, 1.82) is 0 Å². The number of methoxy groups -OCH3 is 1. The van der Waals surface area contributed by atoms with E-state index in [9.17, 15) is 14.0 Å². The molecular formula is C19H18FIN2O4. The van der Waals surface area contributed by atoms with Crippen molar-refractivity contribution in [2.24, 2.45) is 0 Å². The van der Waals surface area contributed by atoms with Gasteiger partial charge in [-0.1, -0.05) is 0 Å². The second-order valence-corrected chi connectivity index (χ2v) is 7.07. The largest absolute Gasteiger partial charge is 0.465 e. The van der Waals surface area contributed by atoms with Gasteiger partial charge in [-0.15, -0.1) is 0 Å². The Kier molecular flexibility index (Phi) is 6.27. The molecule has 0 unspecified atom stereocenters. The highest BCUT2D eigenvalue weighted by Crippen LogP contribution is 2.26. The van der Waals surface area contributed by atoms with Crippen LogP contribution in [0.5, 0.6) is 0 Å². The van der Waals surface area contributed by atoms with Gasteiger partial charge in [-0.05, 0) is 59.0 Å². The summed E-state index contributed by atoms with van der Waals surface area (Å²) in [6.07, 6.45) is 0. The van der Waals surface area contributed by atoms with Crippen molar-refractivity contribution in [2.75, 3.05) is 43.6 Å². The zero-order valence-electron chi connectivity index (χ0n) is 14.6. The Morgan fingerprint density at radius 1 is 1.19 bits per heavy atom. The summed E-state index contributed by atoms with van der Waals surface area (Å²) in [6, 6.07) is 9.37. The van der Waals surface area contributed by atoms with Crippen molar-refractivity contribution in [1.82, 2.24) is 0 Å². The van der Waals surface area contributed by atoms with Crippen molar-refractivity contribution in [3.05, 3.63) is 56.9 Å². The number of benzene rings is 2. The molecule has 0 spiro atoms. The fourth-order valence-corrected chi connectivity index (χ4v) is 3.11. The molecule has 3 rings (SSSR count). The van der Waals surface area contributed by atoms with Crippen LogP contribution in [0.25, 0.3) is 0 Å². The highest BCUT2D eigenvalue weighted by Gasteiger charge is 2.19. The van der Waals surface area contributed by atoms with Gasteiger partial charge in [0.25, 0.3) is 5.91 Å². The first-order chi connectivity index (χ1) is 13.0. The molecule has 0 saturated carbocycles. The molecule has 27 heavy (non-hydrogen) atoms. The number of morpholine rings is 1. The summed E-state index contributed by atoms with van der Waals surface area (Å²) in [7, 11) is 1.28. The summed E-state index contributed by atoms with van der Waals surface area (Å²) >= 11 is 1.85. The normalized spacial score (nSPS) is 14.0. The third-order valence-corrected chi connectivity index (χ3v) is 5.09. The first-order valence-electron chi connectivity index (χ1n) is 8.31. The molecule has 0 atom stereocenters. The molecule has 0 aromatic heterocycles. The van der Waals surface area contributed by atoms with Crippen LogP contribution >= 0.6 is 22.6 Å². The van der Waals surface area contributed by atoms with E-state index >= 15 is 0 Å². The lowest BCUT2D eigenvalue weighted by atomic mass is 10.1. The fourth-order valence-electron chi connectivity index (χ4n) is 2.77. The molecule has 1 aliphatic rings. The van der Waals surface area contributed by atoms with E-state index < -0.39 is 17.7 Å². The molecule has 1 aliphatic heterocycles. The molecule has 1 saturated heterocycles. The maximum atomic E-state index is 13.7. The first kappa shape index (κ1) is 19.6. The molecule has 142 valence electrons. The molecule has 1 fully saturated rings. The molecular weight excluding hydrogens is 466 g/mol. The first-order valence-corrected chi connectivity index (χ1v) is 9.39. The number of esters is 1. The van der Waals surface area contributed by atoms with E-state index in [1.807, 2.05) is 28.7 Å². The Balaban J connectivity index is 1.88. The second kappa shape index (κ2) is 8.66. The molecule has 8 heteroatoms. The second-order valence-electron chi connectivity index (χ2n) is 5.90. The van der Waals surface area contributed by atoms with Gasteiger partial charge in [-0.2, -0.15) is 0 Å². The Morgan fingerprint density at radius 3 is 2.59 bits per heavy atom. The van der Waals surface area contributed by atoms with Crippen LogP contribution in [-0.4, -0.2) is 45.3 Å². The Morgan fingerprint density at radius 2 is 1.93 bits per heavy atom. The Hall–Kier alpha value is -2.20. The van der Waals surface area contributed by atoms with E-state index in [-0.39, 0.29) is 11.1 Å². The van der Waals surface area contributed by atoms with E-state index in [1.54, 1.807) is 12.1 Å². The predicted octanol–water partition coefficient (Wildman–Crippen LogP) is 3.31. The maximum absolute atomic E-state index is 13.7. The maximum Gasteiger partial charge on any atom is 0.340 e. The summed E-state index contributed by atoms with van der Waals surface area (Å²) in [5, 5.41) is 2.67. The van der Waals surface area contributed by atoms with E-state index in [1.165, 1.54) is 19.2 Å². The standard InChI is InChI=1S/C19H18FIN2O4/c1-26-19(25)14-11-13(23-6-8-27-9-7-23)3-5-17(14)22-18(24)12-2-4-16(21)15(20)10-12/h2-5,10-11H,6-9H2,1H3,(H,22,24). The van der Waals surface area contributed by atoms with Gasteiger partial charge in [0.1, 0.15) is 5.82 Å². The third kappa shape index (κ3) is 4.56. The summed E-state index contributed by atoms with van der Waals surface area (Å²) in [5.74, 6) is -1.54. The van der Waals surface area contributed by atoms with Gasteiger partial charge in [-0.3, -0.25) is 4.79 Å². The Bertz CT molecular complexity index is 869. The SMILES string of the molecule is COC(=O)c1cc(N2CCOCC2)ccc1NC(=O)c1ccc(I)c(F)c1. The number of carbonyl (C=O) groups is 2. The number of ether oxygens (including phenoxy) is 2. The minimum absolute atomic E-state index is 0.168. The zero-order valence-corrected chi connectivity index (χ0v) is 16.8. The van der Waals surface area contributed by atoms with Gasteiger partial charge >= 0.3 is 5.97 Å². The van der Waals surface area contributed by atoms with Crippen LogP contribution < -0.4 is 10.2 Å². The monoisotopic (exact) mass is 484 g/mol. The quantitative estimate of drug-likeness (QED) is 0.533. The van der Waals surface area contributed by atoms with E-state index in [4.69, 9.17) is 9.47 Å². The van der Waals surface area contributed by atoms with Crippen molar-refractivity contribution in [2.45, 2.75) is 0 Å². The predicted molar refractivity (Wildman–Crippen MR) is 108 cm³/mol. The molecule has 1 N–H and O–H groups in total. The lowest BCUT2D eigenvalue weighted by Gasteiger charge is -2.29. The van der Waals surface area contributed by atoms with Crippen molar-refractivity contribution < 1.29 is 23.5 Å². The smallest absolute Gasteiger partial charge is 0.340 e. The number of hydrogen-bond acceptors (Lipinski definition) is 5. The van der Waals surface area contributed by atoms with Gasteiger partial charge in [0, 0.05) is 27.9 Å². The van der Waals surface area contributed by atoms with Crippen LogP contribution in [0.15, 0.2) is 36.4 Å². The minimum Gasteiger partial charge on any atom is -0.465 e. The summed E-state index contributed by atoms with van der Waals surface area (Å²) in [5.41, 5.74) is 1.56. The number of anilines is 2. The van der Waals surface area contributed by atoms with Crippen molar-refractivity contribution in [3.8, 4) is 0 Å². The molecule has 6 nitrogen and oxygen atoms in total. The van der Waals surface area contributed by atoms with Gasteiger partial charge in [0.2, 0.25) is 0 Å². The number of carbonyl (C=O) groups excluding carboxylic acids is 2. The van der Waals surface area contributed by atoms with E-state index in [0.717, 1.165) is 11.8 Å². The van der Waals surface area contributed by atoms with E-state index in [0.29, 0.717) is 35.6 Å². The van der Waals surface area contributed by atoms with Crippen LogP contribution in [0.1, 0.15) is 20.7 Å².